The summed E-state index contributed by atoms with van der Waals surface area (Å²) in [5, 5.41) is 24.7. The molecular formula is C34H44N8O8. The Bertz CT molecular complexity index is 1720. The van der Waals surface area contributed by atoms with Crippen LogP contribution in [0, 0.1) is 5.92 Å². The molecule has 2 aliphatic heterocycles. The predicted molar refractivity (Wildman–Crippen MR) is 176 cm³/mol. The van der Waals surface area contributed by atoms with Crippen molar-refractivity contribution in [2.45, 2.75) is 101 Å². The zero-order valence-corrected chi connectivity index (χ0v) is 28.3. The highest BCUT2D eigenvalue weighted by Crippen LogP contribution is 2.34. The molecule has 4 heterocycles. The number of hydrogen-bond donors (Lipinski definition) is 4. The largest absolute Gasteiger partial charge is 0.432 e. The summed E-state index contributed by atoms with van der Waals surface area (Å²) in [6.07, 6.45) is 6.76. The van der Waals surface area contributed by atoms with Gasteiger partial charge in [0.15, 0.2) is 5.58 Å². The first-order chi connectivity index (χ1) is 23.9. The van der Waals surface area contributed by atoms with E-state index in [1.165, 1.54) is 15.8 Å². The molecule has 0 unspecified atom stereocenters. The molecule has 2 saturated heterocycles. The van der Waals surface area contributed by atoms with Crippen LogP contribution in [-0.2, 0) is 29.5 Å². The second-order valence-corrected chi connectivity index (χ2v) is 14.1. The number of nitrogens with one attached hydrogen (secondary N) is 2. The van der Waals surface area contributed by atoms with E-state index in [9.17, 15) is 29.1 Å². The van der Waals surface area contributed by atoms with Crippen molar-refractivity contribution in [3.8, 4) is 0 Å². The molecule has 16 heteroatoms. The maximum atomic E-state index is 14.7. The number of oxazole rings is 1. The highest BCUT2D eigenvalue weighted by atomic mass is 16.5. The second-order valence-electron chi connectivity index (χ2n) is 14.1. The zero-order chi connectivity index (χ0) is 35.6. The van der Waals surface area contributed by atoms with Crippen LogP contribution in [0.2, 0.25) is 0 Å². The normalized spacial score (nSPS) is 21.9. The fourth-order valence-electron chi connectivity index (χ4n) is 7.49. The van der Waals surface area contributed by atoms with Gasteiger partial charge in [-0.15, -0.1) is 5.10 Å². The lowest BCUT2D eigenvalue weighted by Crippen LogP contribution is -2.64. The summed E-state index contributed by atoms with van der Waals surface area (Å²) >= 11 is 0. The summed E-state index contributed by atoms with van der Waals surface area (Å²) in [5.74, 6) is -3.99. The molecule has 0 radical (unpaired) electrons. The lowest BCUT2D eigenvalue weighted by molar-refractivity contribution is -0.147. The number of fused-ring (bicyclic) bond motifs is 1. The molecule has 1 aliphatic carbocycles. The van der Waals surface area contributed by atoms with Crippen LogP contribution in [0.3, 0.4) is 0 Å². The summed E-state index contributed by atoms with van der Waals surface area (Å²) in [4.78, 5) is 73.4. The minimum absolute atomic E-state index is 0.0108. The van der Waals surface area contributed by atoms with E-state index in [0.29, 0.717) is 23.2 Å². The number of aliphatic hydroxyl groups is 1. The Balaban J connectivity index is 1.33. The highest BCUT2D eigenvalue weighted by molar-refractivity contribution is 6.39. The Labute approximate surface area is 288 Å². The van der Waals surface area contributed by atoms with Crippen molar-refractivity contribution in [3.63, 3.8) is 0 Å². The van der Waals surface area contributed by atoms with Crippen molar-refractivity contribution in [2.75, 3.05) is 19.8 Å². The number of likely N-dealkylation sites (tertiary alicyclic amines) is 1. The lowest BCUT2D eigenvalue weighted by atomic mass is 9.84. The zero-order valence-electron chi connectivity index (χ0n) is 28.3. The van der Waals surface area contributed by atoms with Crippen LogP contribution in [0.5, 0.6) is 0 Å². The number of nitrogens with two attached hydrogens (primary N) is 1. The standard InChI is InChI=1S/C34H44N8O8/c1-33(2,48)26-18-36-40-42(26)21-17-24(29(45)39-34(27(43)28(35)44)12-14-49-15-13-34)41(19-21)32(47)23(16-20-8-4-3-5-9-20)37-30(46)31-38-22-10-6-7-11-25(22)50-31/h6-7,10-11,18,20-21,23-24,48H,3-5,8-9,12-17,19H2,1-2H3,(H2,35,44)(H,37,46)(H,39,45)/t21-,23+,24-/m0/s1. The van der Waals surface area contributed by atoms with E-state index in [1.54, 1.807) is 38.1 Å². The number of hydrogen-bond acceptors (Lipinski definition) is 11. The number of carbonyl (C=O) groups is 5. The van der Waals surface area contributed by atoms with E-state index >= 15 is 0 Å². The molecule has 3 atom stereocenters. The van der Waals surface area contributed by atoms with E-state index in [2.05, 4.69) is 25.9 Å². The molecule has 50 heavy (non-hydrogen) atoms. The summed E-state index contributed by atoms with van der Waals surface area (Å²) in [7, 11) is 0. The summed E-state index contributed by atoms with van der Waals surface area (Å²) in [6.45, 7) is 3.39. The first-order valence-corrected chi connectivity index (χ1v) is 17.2. The van der Waals surface area contributed by atoms with Gasteiger partial charge < -0.3 is 35.5 Å². The van der Waals surface area contributed by atoms with Gasteiger partial charge in [-0.1, -0.05) is 49.5 Å². The Morgan fingerprint density at radius 2 is 1.82 bits per heavy atom. The number of ketones is 1. The van der Waals surface area contributed by atoms with E-state index in [0.717, 1.165) is 32.1 Å². The minimum atomic E-state index is -1.60. The van der Waals surface area contributed by atoms with Gasteiger partial charge in [-0.05, 0) is 38.3 Å². The molecule has 4 amide bonds. The number of benzene rings is 1. The van der Waals surface area contributed by atoms with Crippen molar-refractivity contribution in [1.82, 2.24) is 35.5 Å². The van der Waals surface area contributed by atoms with Crippen molar-refractivity contribution in [3.05, 3.63) is 42.0 Å². The topological polar surface area (TPSA) is 225 Å². The highest BCUT2D eigenvalue weighted by Gasteiger charge is 2.49. The number of rotatable bonds is 11. The fraction of sp³-hybridized carbons (Fsp3) is 0.588. The van der Waals surface area contributed by atoms with Gasteiger partial charge in [0, 0.05) is 39.0 Å². The number of primary amides is 1. The molecule has 3 aliphatic rings. The number of carbonyl (C=O) groups excluding carboxylic acids is 5. The third-order valence-electron chi connectivity index (χ3n) is 10.2. The SMILES string of the molecule is CC(C)(O)c1cnnn1[C@H]1C[C@@H](C(=O)NC2(C(=O)C(N)=O)CCOCC2)N(C(=O)[C@@H](CC2CCCCC2)NC(=O)c2nc3ccccc3o2)C1. The molecule has 1 saturated carbocycles. The Kier molecular flexibility index (Phi) is 10.0. The molecule has 1 aromatic carbocycles. The van der Waals surface area contributed by atoms with Gasteiger partial charge in [0.2, 0.25) is 17.6 Å². The van der Waals surface area contributed by atoms with Crippen molar-refractivity contribution in [1.29, 1.82) is 0 Å². The molecule has 6 rings (SSSR count). The first kappa shape index (κ1) is 35.1. The summed E-state index contributed by atoms with van der Waals surface area (Å²) in [6, 6.07) is 4.17. The Hall–Kier alpha value is -4.70. The van der Waals surface area contributed by atoms with Crippen LogP contribution in [0.15, 0.2) is 34.9 Å². The van der Waals surface area contributed by atoms with Crippen LogP contribution in [0.25, 0.3) is 11.1 Å². The fourth-order valence-corrected chi connectivity index (χ4v) is 7.49. The van der Waals surface area contributed by atoms with Crippen molar-refractivity contribution >= 4 is 40.5 Å². The number of amides is 4. The summed E-state index contributed by atoms with van der Waals surface area (Å²) in [5.41, 5.74) is 3.77. The molecule has 5 N–H and O–H groups in total. The first-order valence-electron chi connectivity index (χ1n) is 17.2. The Morgan fingerprint density at radius 3 is 2.50 bits per heavy atom. The van der Waals surface area contributed by atoms with Gasteiger partial charge in [0.1, 0.15) is 28.7 Å². The van der Waals surface area contributed by atoms with E-state index in [4.69, 9.17) is 14.9 Å². The molecule has 16 nitrogen and oxygen atoms in total. The van der Waals surface area contributed by atoms with Crippen LogP contribution in [0.1, 0.15) is 94.1 Å². The van der Waals surface area contributed by atoms with Gasteiger partial charge in [-0.3, -0.25) is 24.0 Å². The van der Waals surface area contributed by atoms with Crippen LogP contribution >= 0.6 is 0 Å². The van der Waals surface area contributed by atoms with E-state index < -0.39 is 58.7 Å². The number of ether oxygens (including phenoxy) is 1. The quantitative estimate of drug-likeness (QED) is 0.209. The minimum Gasteiger partial charge on any atom is -0.432 e. The number of nitrogens with zero attached hydrogens (tertiary/aromatic N) is 5. The van der Waals surface area contributed by atoms with Crippen molar-refractivity contribution in [2.24, 2.45) is 11.7 Å². The maximum absolute atomic E-state index is 14.7. The average Bonchev–Trinajstić information content (AvgIpc) is 3.86. The van der Waals surface area contributed by atoms with Crippen LogP contribution < -0.4 is 16.4 Å². The molecular weight excluding hydrogens is 648 g/mol. The predicted octanol–water partition coefficient (Wildman–Crippen LogP) is 1.28. The van der Waals surface area contributed by atoms with Gasteiger partial charge >= 0.3 is 5.91 Å². The summed E-state index contributed by atoms with van der Waals surface area (Å²) < 4.78 is 12.6. The van der Waals surface area contributed by atoms with E-state index in [1.807, 2.05) is 0 Å². The second kappa shape index (κ2) is 14.3. The number of Topliss-reactive ketones (excluding diaryl/α,β-unsaturated/α-hetero) is 1. The average molecular weight is 693 g/mol. The molecule has 0 spiro atoms. The molecule has 3 aromatic rings. The smallest absolute Gasteiger partial charge is 0.307 e. The molecule has 2 aromatic heterocycles. The van der Waals surface area contributed by atoms with Gasteiger partial charge in [-0.25, -0.2) is 9.67 Å². The van der Waals surface area contributed by atoms with Crippen LogP contribution in [0.4, 0.5) is 0 Å². The monoisotopic (exact) mass is 692 g/mol. The Morgan fingerprint density at radius 1 is 1.10 bits per heavy atom. The van der Waals surface area contributed by atoms with Gasteiger partial charge in [0.25, 0.3) is 11.8 Å². The maximum Gasteiger partial charge on any atom is 0.307 e. The van der Waals surface area contributed by atoms with E-state index in [-0.39, 0.29) is 50.8 Å². The van der Waals surface area contributed by atoms with Crippen molar-refractivity contribution < 1.29 is 38.2 Å². The van der Waals surface area contributed by atoms with Crippen LogP contribution in [-0.4, -0.2) is 96.8 Å². The third-order valence-corrected chi connectivity index (χ3v) is 10.2. The number of aromatic nitrogens is 4. The van der Waals surface area contributed by atoms with Gasteiger partial charge in [0.05, 0.1) is 17.9 Å². The van der Waals surface area contributed by atoms with Gasteiger partial charge in [-0.2, -0.15) is 0 Å². The molecule has 268 valence electrons. The molecule has 3 fully saturated rings. The lowest BCUT2D eigenvalue weighted by Gasteiger charge is -2.37. The molecule has 0 bridgehead atoms. The number of para-hydroxylation sites is 2. The third kappa shape index (κ3) is 7.26.